The van der Waals surface area contributed by atoms with Crippen molar-refractivity contribution in [3.05, 3.63) is 89.0 Å². The summed E-state index contributed by atoms with van der Waals surface area (Å²) >= 11 is 0. The van der Waals surface area contributed by atoms with Gasteiger partial charge in [-0.25, -0.2) is 9.59 Å². The van der Waals surface area contributed by atoms with E-state index >= 15 is 0 Å². The highest BCUT2D eigenvalue weighted by Gasteiger charge is 2.54. The van der Waals surface area contributed by atoms with Crippen molar-refractivity contribution in [2.24, 2.45) is 23.3 Å². The van der Waals surface area contributed by atoms with E-state index in [2.05, 4.69) is 60.6 Å². The number of pyridine rings is 2. The molecule has 3 fully saturated rings. The molecule has 3 aliphatic rings. The number of carbonyl (C=O) groups is 6. The van der Waals surface area contributed by atoms with Gasteiger partial charge in [0.25, 0.3) is 0 Å². The van der Waals surface area contributed by atoms with Crippen molar-refractivity contribution in [1.82, 2.24) is 30.4 Å². The second-order valence-corrected chi connectivity index (χ2v) is 18.7. The van der Waals surface area contributed by atoms with Gasteiger partial charge in [0.05, 0.1) is 23.5 Å². The van der Waals surface area contributed by atoms with Crippen molar-refractivity contribution in [1.29, 1.82) is 0 Å². The molecule has 338 valence electrons. The van der Waals surface area contributed by atoms with Gasteiger partial charge in [-0.3, -0.25) is 29.1 Å². The van der Waals surface area contributed by atoms with Crippen molar-refractivity contribution in [3.63, 3.8) is 0 Å². The van der Waals surface area contributed by atoms with Crippen molar-refractivity contribution in [2.75, 3.05) is 18.0 Å². The van der Waals surface area contributed by atoms with E-state index in [1.165, 1.54) is 9.80 Å². The molecule has 0 spiro atoms. The van der Waals surface area contributed by atoms with E-state index in [1.807, 2.05) is 12.1 Å². The number of hydrogen-bond acceptors (Lipinski definition) is 9. The van der Waals surface area contributed by atoms with Crippen LogP contribution in [0.2, 0.25) is 0 Å². The third-order valence-electron chi connectivity index (χ3n) is 13.1. The molecule has 0 saturated carbocycles. The highest BCUT2D eigenvalue weighted by Crippen LogP contribution is 2.48. The van der Waals surface area contributed by atoms with Crippen LogP contribution in [0.1, 0.15) is 127 Å². The van der Waals surface area contributed by atoms with Gasteiger partial charge in [0.1, 0.15) is 12.1 Å². The Labute approximate surface area is 368 Å². The quantitative estimate of drug-likeness (QED) is 0.133. The fourth-order valence-corrected chi connectivity index (χ4v) is 9.81. The summed E-state index contributed by atoms with van der Waals surface area (Å²) in [6, 6.07) is 13.1. The molecule has 6 atom stereocenters. The molecule has 0 unspecified atom stereocenters. The van der Waals surface area contributed by atoms with Crippen LogP contribution in [0.25, 0.3) is 0 Å². The summed E-state index contributed by atoms with van der Waals surface area (Å²) in [5, 5.41) is 23.6. The Bertz CT molecular complexity index is 2080. The number of rotatable bonds is 13. The summed E-state index contributed by atoms with van der Waals surface area (Å²) in [6.07, 6.45) is 3.57. The van der Waals surface area contributed by atoms with Crippen molar-refractivity contribution < 1.29 is 39.0 Å². The van der Waals surface area contributed by atoms with E-state index in [0.717, 1.165) is 22.4 Å². The molecule has 63 heavy (non-hydrogen) atoms. The zero-order valence-corrected chi connectivity index (χ0v) is 37.1. The summed E-state index contributed by atoms with van der Waals surface area (Å²) < 4.78 is 0. The Morgan fingerprint density at radius 2 is 1.06 bits per heavy atom. The Balaban J connectivity index is 1.36. The van der Waals surface area contributed by atoms with Gasteiger partial charge in [-0.1, -0.05) is 72.7 Å². The van der Waals surface area contributed by atoms with Crippen LogP contribution in [0.3, 0.4) is 0 Å². The van der Waals surface area contributed by atoms with Gasteiger partial charge in [-0.2, -0.15) is 0 Å². The number of nitrogens with one attached hydrogen (secondary N) is 2. The molecule has 5 heterocycles. The van der Waals surface area contributed by atoms with Gasteiger partial charge in [0.2, 0.25) is 23.6 Å². The van der Waals surface area contributed by atoms with Gasteiger partial charge in [0.15, 0.2) is 11.1 Å². The highest BCUT2D eigenvalue weighted by atomic mass is 16.4. The molecular weight excluding hydrogens is 807 g/mol. The standard InChI is InChI=1S/C46H61N9O8/c1-26(2)36(51-42(60)61)38(56)53-22-8-20-45(53,40(47)58)34-18-10-28(24-49-34)32-16-17-33(55(32)31-14-12-30(13-15-31)44(5,6)7)29-11-19-35(50-25-29)46(41(48)59)21-9-23-54(46)39(57)37(27(3)4)52-43(62)63/h10-15,18-19,24-27,32-33,36-37,51-52H,8-9,16-17,20-23H2,1-7H3,(H2,47,58)(H2,48,59)(H,60,61)(H,62,63)/t32-,33-,36-,37-,45-,46-/m0/s1. The molecule has 0 aliphatic carbocycles. The lowest BCUT2D eigenvalue weighted by Gasteiger charge is -2.38. The van der Waals surface area contributed by atoms with E-state index in [4.69, 9.17) is 21.4 Å². The number of benzene rings is 1. The van der Waals surface area contributed by atoms with E-state index in [-0.39, 0.29) is 43.4 Å². The van der Waals surface area contributed by atoms with Gasteiger partial charge < -0.3 is 47.0 Å². The maximum absolute atomic E-state index is 13.9. The third kappa shape index (κ3) is 8.61. The zero-order chi connectivity index (χ0) is 46.2. The van der Waals surface area contributed by atoms with Crippen LogP contribution in [-0.4, -0.2) is 91.0 Å². The SMILES string of the molecule is CC(C)[C@H](NC(=O)O)C(=O)N1CCC[C@@]1(C(N)=O)c1ccc([C@@H]2CC[C@@H](c3ccc([C@]4(C(N)=O)CCCN4C(=O)[C@@H](NC(=O)O)C(C)C)nc3)N2c2ccc(C(C)(C)C)cc2)cn1. The first-order chi connectivity index (χ1) is 29.6. The molecule has 17 heteroatoms. The number of carboxylic acid groups (broad SMARTS) is 2. The Morgan fingerprint density at radius 1 is 0.667 bits per heavy atom. The predicted molar refractivity (Wildman–Crippen MR) is 234 cm³/mol. The second kappa shape index (κ2) is 17.8. The smallest absolute Gasteiger partial charge is 0.405 e. The normalized spacial score (nSPS) is 23.5. The monoisotopic (exact) mass is 867 g/mol. The van der Waals surface area contributed by atoms with Gasteiger partial charge in [0, 0.05) is 31.2 Å². The molecule has 3 saturated heterocycles. The molecule has 17 nitrogen and oxygen atoms in total. The molecule has 3 aliphatic heterocycles. The number of carbonyl (C=O) groups excluding carboxylic acids is 4. The van der Waals surface area contributed by atoms with Crippen molar-refractivity contribution in [3.8, 4) is 0 Å². The maximum atomic E-state index is 13.9. The number of primary amides is 2. The van der Waals surface area contributed by atoms with Crippen LogP contribution in [0.15, 0.2) is 60.9 Å². The summed E-state index contributed by atoms with van der Waals surface area (Å²) in [5.41, 5.74) is 13.4. The maximum Gasteiger partial charge on any atom is 0.405 e. The summed E-state index contributed by atoms with van der Waals surface area (Å²) in [4.78, 5) is 92.6. The van der Waals surface area contributed by atoms with Crippen LogP contribution in [-0.2, 0) is 35.7 Å². The summed E-state index contributed by atoms with van der Waals surface area (Å²) in [5.74, 6) is -3.36. The highest BCUT2D eigenvalue weighted by molar-refractivity contribution is 5.95. The fourth-order valence-electron chi connectivity index (χ4n) is 9.81. The molecule has 0 bridgehead atoms. The summed E-state index contributed by atoms with van der Waals surface area (Å²) in [6.45, 7) is 13.8. The molecule has 8 N–H and O–H groups in total. The van der Waals surface area contributed by atoms with Crippen molar-refractivity contribution >= 4 is 41.5 Å². The fraction of sp³-hybridized carbons (Fsp3) is 0.522. The van der Waals surface area contributed by atoms with E-state index < -0.39 is 70.8 Å². The molecular formula is C46H61N9O8. The largest absolute Gasteiger partial charge is 0.465 e. The number of nitrogens with zero attached hydrogens (tertiary/aromatic N) is 5. The van der Waals surface area contributed by atoms with Crippen LogP contribution < -0.4 is 27.0 Å². The number of anilines is 1. The van der Waals surface area contributed by atoms with Crippen LogP contribution in [0, 0.1) is 11.8 Å². The average molecular weight is 868 g/mol. The zero-order valence-electron chi connectivity index (χ0n) is 37.1. The summed E-state index contributed by atoms with van der Waals surface area (Å²) in [7, 11) is 0. The second-order valence-electron chi connectivity index (χ2n) is 18.7. The number of amides is 6. The topological polar surface area (TPSA) is 254 Å². The Morgan fingerprint density at radius 3 is 1.37 bits per heavy atom. The number of likely N-dealkylation sites (tertiary alicyclic amines) is 2. The van der Waals surface area contributed by atoms with Gasteiger partial charge >= 0.3 is 12.2 Å². The van der Waals surface area contributed by atoms with E-state index in [9.17, 15) is 39.0 Å². The molecule has 6 rings (SSSR count). The first kappa shape index (κ1) is 46.2. The number of nitrogens with two attached hydrogens (primary N) is 2. The first-order valence-electron chi connectivity index (χ1n) is 21.7. The van der Waals surface area contributed by atoms with Crippen molar-refractivity contribution in [2.45, 2.75) is 128 Å². The minimum Gasteiger partial charge on any atom is -0.465 e. The lowest BCUT2D eigenvalue weighted by molar-refractivity contribution is -0.146. The molecule has 3 aromatic rings. The molecule has 0 radical (unpaired) electrons. The third-order valence-corrected chi connectivity index (χ3v) is 13.1. The lowest BCUT2D eigenvalue weighted by atomic mass is 9.87. The minimum absolute atomic E-state index is 0.0859. The van der Waals surface area contributed by atoms with Crippen LogP contribution in [0.5, 0.6) is 0 Å². The van der Waals surface area contributed by atoms with Gasteiger partial charge in [-0.15, -0.1) is 0 Å². The Hall–Kier alpha value is -6.26. The van der Waals surface area contributed by atoms with Crippen LogP contribution in [0.4, 0.5) is 15.3 Å². The van der Waals surface area contributed by atoms with Gasteiger partial charge in [-0.05, 0) is 96.7 Å². The number of hydrogen-bond donors (Lipinski definition) is 6. The average Bonchev–Trinajstić information content (AvgIpc) is 4.00. The molecule has 1 aromatic carbocycles. The number of aromatic nitrogens is 2. The van der Waals surface area contributed by atoms with E-state index in [0.29, 0.717) is 37.1 Å². The molecule has 6 amide bonds. The molecule has 2 aromatic heterocycles. The predicted octanol–water partition coefficient (Wildman–Crippen LogP) is 5.05. The minimum atomic E-state index is -1.57. The Kier molecular flexibility index (Phi) is 13.1. The lowest BCUT2D eigenvalue weighted by Crippen LogP contribution is -2.59. The first-order valence-corrected chi connectivity index (χ1v) is 21.7. The van der Waals surface area contributed by atoms with E-state index in [1.54, 1.807) is 52.2 Å². The van der Waals surface area contributed by atoms with Crippen LogP contribution >= 0.6 is 0 Å².